The summed E-state index contributed by atoms with van der Waals surface area (Å²) in [6, 6.07) is 4.98. The van der Waals surface area contributed by atoms with E-state index in [0.717, 1.165) is 11.7 Å². The Labute approximate surface area is 112 Å². The van der Waals surface area contributed by atoms with Crippen molar-refractivity contribution in [2.45, 2.75) is 11.7 Å². The van der Waals surface area contributed by atoms with Crippen LogP contribution < -0.4 is 4.90 Å². The molecular weight excluding hydrogens is 293 g/mol. The first-order valence-corrected chi connectivity index (χ1v) is 7.59. The molecule has 1 fully saturated rings. The summed E-state index contributed by atoms with van der Waals surface area (Å²) < 4.78 is 42.7. The molecular formula is C10H8FN3O3S2. The number of benzene rings is 1. The fourth-order valence-corrected chi connectivity index (χ4v) is 3.24. The zero-order valence-electron chi connectivity index (χ0n) is 9.48. The molecule has 1 amide bonds. The molecule has 2 heterocycles. The number of carbonyl (C=O) groups is 1. The number of halogens is 1. The van der Waals surface area contributed by atoms with Crippen molar-refractivity contribution in [1.82, 2.24) is 8.75 Å². The number of fused-ring (bicyclic) bond motifs is 1. The highest BCUT2D eigenvalue weighted by Crippen LogP contribution is 2.27. The van der Waals surface area contributed by atoms with Crippen LogP contribution in [0.2, 0.25) is 0 Å². The molecule has 9 heteroatoms. The molecule has 0 radical (unpaired) electrons. The van der Waals surface area contributed by atoms with E-state index in [2.05, 4.69) is 8.75 Å². The van der Waals surface area contributed by atoms with Crippen LogP contribution in [0, 0.1) is 0 Å². The molecule has 2 aromatic rings. The molecule has 1 aliphatic rings. The fraction of sp³-hybridized carbons (Fsp3) is 0.300. The maximum atomic E-state index is 12.9. The van der Waals surface area contributed by atoms with Crippen LogP contribution in [0.15, 0.2) is 18.2 Å². The van der Waals surface area contributed by atoms with Crippen molar-refractivity contribution in [3.05, 3.63) is 18.2 Å². The molecule has 0 aliphatic carbocycles. The minimum absolute atomic E-state index is 0.166. The lowest BCUT2D eigenvalue weighted by atomic mass is 10.2. The molecule has 0 N–H and O–H groups in total. The van der Waals surface area contributed by atoms with Crippen LogP contribution in [0.5, 0.6) is 0 Å². The Bertz CT molecular complexity index is 758. The van der Waals surface area contributed by atoms with Crippen LogP contribution in [0.25, 0.3) is 11.0 Å². The summed E-state index contributed by atoms with van der Waals surface area (Å²) in [5, 5.41) is -1.29. The summed E-state index contributed by atoms with van der Waals surface area (Å²) in [6.45, 7) is -0.166. The van der Waals surface area contributed by atoms with E-state index in [1.54, 1.807) is 18.2 Å². The summed E-state index contributed by atoms with van der Waals surface area (Å²) in [5.41, 5.74) is 1.84. The molecule has 3 rings (SSSR count). The van der Waals surface area contributed by atoms with Gasteiger partial charge in [-0.3, -0.25) is 4.79 Å². The average Bonchev–Trinajstić information content (AvgIpc) is 2.92. The maximum absolute atomic E-state index is 12.9. The minimum atomic E-state index is -4.70. The number of hydrogen-bond acceptors (Lipinski definition) is 6. The normalized spacial score (nSPS) is 20.4. The summed E-state index contributed by atoms with van der Waals surface area (Å²) >= 11 is 1.05. The zero-order valence-corrected chi connectivity index (χ0v) is 11.1. The van der Waals surface area contributed by atoms with Crippen molar-refractivity contribution in [2.75, 3.05) is 11.4 Å². The first-order valence-electron chi connectivity index (χ1n) is 5.41. The highest BCUT2D eigenvalue weighted by molar-refractivity contribution is 7.87. The summed E-state index contributed by atoms with van der Waals surface area (Å²) in [6.07, 6.45) is -0.327. The van der Waals surface area contributed by atoms with Gasteiger partial charge < -0.3 is 4.90 Å². The zero-order chi connectivity index (χ0) is 13.6. The first kappa shape index (κ1) is 12.4. The largest absolute Gasteiger partial charge is 0.311 e. The second-order valence-electron chi connectivity index (χ2n) is 4.24. The third kappa shape index (κ3) is 2.19. The van der Waals surface area contributed by atoms with Gasteiger partial charge >= 0.3 is 10.2 Å². The van der Waals surface area contributed by atoms with Crippen molar-refractivity contribution < 1.29 is 17.1 Å². The Kier molecular flexibility index (Phi) is 2.75. The van der Waals surface area contributed by atoms with Crippen molar-refractivity contribution in [1.29, 1.82) is 0 Å². The quantitative estimate of drug-likeness (QED) is 0.776. The van der Waals surface area contributed by atoms with Crippen molar-refractivity contribution in [2.24, 2.45) is 0 Å². The van der Waals surface area contributed by atoms with E-state index < -0.39 is 21.4 Å². The van der Waals surface area contributed by atoms with Crippen LogP contribution in [-0.4, -0.2) is 34.9 Å². The number of carbonyl (C=O) groups excluding carboxylic acids is 1. The van der Waals surface area contributed by atoms with Crippen molar-refractivity contribution in [3.63, 3.8) is 0 Å². The lowest BCUT2D eigenvalue weighted by Gasteiger charge is -2.15. The van der Waals surface area contributed by atoms with Crippen LogP contribution >= 0.6 is 11.7 Å². The third-order valence-corrected chi connectivity index (χ3v) is 4.71. The third-order valence-electron chi connectivity index (χ3n) is 3.04. The van der Waals surface area contributed by atoms with Crippen LogP contribution in [0.1, 0.15) is 6.42 Å². The van der Waals surface area contributed by atoms with E-state index in [0.29, 0.717) is 16.7 Å². The van der Waals surface area contributed by atoms with Gasteiger partial charge in [0.2, 0.25) is 5.91 Å². The summed E-state index contributed by atoms with van der Waals surface area (Å²) in [5.74, 6) is -0.409. The predicted molar refractivity (Wildman–Crippen MR) is 68.2 cm³/mol. The van der Waals surface area contributed by atoms with Gasteiger partial charge in [0.15, 0.2) is 0 Å². The fourth-order valence-electron chi connectivity index (χ4n) is 2.05. The maximum Gasteiger partial charge on any atom is 0.307 e. The van der Waals surface area contributed by atoms with E-state index in [1.807, 2.05) is 0 Å². The number of rotatable bonds is 2. The molecule has 1 atom stereocenters. The van der Waals surface area contributed by atoms with E-state index >= 15 is 0 Å². The van der Waals surface area contributed by atoms with Gasteiger partial charge in [0.25, 0.3) is 0 Å². The Balaban J connectivity index is 1.96. The molecule has 1 unspecified atom stereocenters. The topological polar surface area (TPSA) is 80.2 Å². The predicted octanol–water partition coefficient (Wildman–Crippen LogP) is 1.10. The average molecular weight is 301 g/mol. The van der Waals surface area contributed by atoms with Gasteiger partial charge in [-0.05, 0) is 18.2 Å². The van der Waals surface area contributed by atoms with Gasteiger partial charge in [-0.15, -0.1) is 3.89 Å². The van der Waals surface area contributed by atoms with Gasteiger partial charge in [-0.2, -0.15) is 17.2 Å². The van der Waals surface area contributed by atoms with Crippen LogP contribution in [-0.2, 0) is 15.0 Å². The van der Waals surface area contributed by atoms with Crippen LogP contribution in [0.4, 0.5) is 9.57 Å². The number of hydrogen-bond donors (Lipinski definition) is 0. The van der Waals surface area contributed by atoms with E-state index in [-0.39, 0.29) is 13.0 Å². The van der Waals surface area contributed by atoms with E-state index in [1.165, 1.54) is 4.90 Å². The van der Waals surface area contributed by atoms with Crippen molar-refractivity contribution >= 4 is 44.6 Å². The van der Waals surface area contributed by atoms with Gasteiger partial charge in [-0.1, -0.05) is 0 Å². The smallest absolute Gasteiger partial charge is 0.307 e. The van der Waals surface area contributed by atoms with Crippen molar-refractivity contribution in [3.8, 4) is 0 Å². The number of nitrogens with zero attached hydrogens (tertiary/aromatic N) is 3. The number of aromatic nitrogens is 2. The molecule has 1 aromatic carbocycles. The molecule has 1 saturated heterocycles. The molecule has 0 spiro atoms. The molecule has 6 nitrogen and oxygen atoms in total. The SMILES string of the molecule is O=C1CC(S(=O)(=O)F)CN1c1ccc2nsnc2c1. The monoisotopic (exact) mass is 301 g/mol. The van der Waals surface area contributed by atoms with Gasteiger partial charge in [0.05, 0.1) is 11.7 Å². The Hall–Kier alpha value is -1.61. The lowest BCUT2D eigenvalue weighted by Crippen LogP contribution is -2.26. The van der Waals surface area contributed by atoms with Gasteiger partial charge in [-0.25, -0.2) is 0 Å². The van der Waals surface area contributed by atoms with Gasteiger partial charge in [0, 0.05) is 18.7 Å². The molecule has 0 saturated carbocycles. The van der Waals surface area contributed by atoms with Crippen LogP contribution in [0.3, 0.4) is 0 Å². The molecule has 1 aliphatic heterocycles. The lowest BCUT2D eigenvalue weighted by molar-refractivity contribution is -0.117. The minimum Gasteiger partial charge on any atom is -0.311 e. The number of anilines is 1. The number of amides is 1. The Morgan fingerprint density at radius 2 is 2.05 bits per heavy atom. The standard InChI is InChI=1S/C10H8FN3O3S2/c11-19(16,17)7-4-10(15)14(5-7)6-1-2-8-9(3-6)13-18-12-8/h1-3,7H,4-5H2. The highest BCUT2D eigenvalue weighted by atomic mass is 32.3. The Morgan fingerprint density at radius 3 is 2.74 bits per heavy atom. The molecule has 19 heavy (non-hydrogen) atoms. The Morgan fingerprint density at radius 1 is 1.32 bits per heavy atom. The molecule has 100 valence electrons. The summed E-state index contributed by atoms with van der Waals surface area (Å²) in [7, 11) is -4.70. The summed E-state index contributed by atoms with van der Waals surface area (Å²) in [4.78, 5) is 13.0. The molecule has 0 bridgehead atoms. The molecule has 1 aromatic heterocycles. The second-order valence-corrected chi connectivity index (χ2v) is 6.39. The highest BCUT2D eigenvalue weighted by Gasteiger charge is 2.39. The van der Waals surface area contributed by atoms with Gasteiger partial charge in [0.1, 0.15) is 16.3 Å². The second kappa shape index (κ2) is 4.20. The van der Waals surface area contributed by atoms with E-state index in [4.69, 9.17) is 0 Å². The first-order chi connectivity index (χ1) is 8.95. The van der Waals surface area contributed by atoms with E-state index in [9.17, 15) is 17.1 Å².